The molecular weight excluding hydrogens is 232 g/mol. The average Bonchev–Trinajstić information content (AvgIpc) is 2.90. The van der Waals surface area contributed by atoms with Gasteiger partial charge in [0.25, 0.3) is 0 Å². The molecule has 0 bridgehead atoms. The highest BCUT2D eigenvalue weighted by molar-refractivity contribution is 7.15. The fourth-order valence-electron chi connectivity index (χ4n) is 1.84. The summed E-state index contributed by atoms with van der Waals surface area (Å²) in [4.78, 5) is 5.56. The SMILES string of the molecule is OCCc1ccc(-c2cn3ccsc3n2)cc1. The highest BCUT2D eigenvalue weighted by Crippen LogP contribution is 2.21. The number of imidazole rings is 1. The fourth-order valence-corrected chi connectivity index (χ4v) is 2.54. The summed E-state index contributed by atoms with van der Waals surface area (Å²) in [7, 11) is 0. The molecule has 3 rings (SSSR count). The van der Waals surface area contributed by atoms with Gasteiger partial charge < -0.3 is 5.11 Å². The number of benzene rings is 1. The van der Waals surface area contributed by atoms with Crippen molar-refractivity contribution in [2.24, 2.45) is 0 Å². The summed E-state index contributed by atoms with van der Waals surface area (Å²) in [5.41, 5.74) is 3.26. The smallest absolute Gasteiger partial charge is 0.194 e. The lowest BCUT2D eigenvalue weighted by Gasteiger charge is -1.99. The Balaban J connectivity index is 1.95. The van der Waals surface area contributed by atoms with Gasteiger partial charge in [-0.1, -0.05) is 24.3 Å². The number of aliphatic hydroxyl groups is 1. The topological polar surface area (TPSA) is 37.5 Å². The molecule has 1 N–H and O–H groups in total. The Morgan fingerprint density at radius 3 is 2.76 bits per heavy atom. The molecule has 0 spiro atoms. The first-order valence-corrected chi connectivity index (χ1v) is 6.37. The van der Waals surface area contributed by atoms with E-state index in [1.807, 2.05) is 34.3 Å². The summed E-state index contributed by atoms with van der Waals surface area (Å²) in [6.45, 7) is 0.194. The van der Waals surface area contributed by atoms with Crippen LogP contribution in [0, 0.1) is 0 Å². The maximum absolute atomic E-state index is 8.86. The Labute approximate surface area is 103 Å². The van der Waals surface area contributed by atoms with Crippen LogP contribution >= 0.6 is 11.3 Å². The van der Waals surface area contributed by atoms with E-state index in [0.717, 1.165) is 21.8 Å². The van der Waals surface area contributed by atoms with E-state index in [1.54, 1.807) is 11.3 Å². The van der Waals surface area contributed by atoms with E-state index >= 15 is 0 Å². The Bertz CT molecular complexity index is 596. The molecule has 86 valence electrons. The maximum atomic E-state index is 8.86. The Hall–Kier alpha value is -1.65. The fraction of sp³-hybridized carbons (Fsp3) is 0.154. The van der Waals surface area contributed by atoms with Crippen LogP contribution in [0.3, 0.4) is 0 Å². The van der Waals surface area contributed by atoms with Gasteiger partial charge in [0.1, 0.15) is 0 Å². The van der Waals surface area contributed by atoms with Crippen molar-refractivity contribution in [2.75, 3.05) is 6.61 Å². The van der Waals surface area contributed by atoms with Crippen LogP contribution < -0.4 is 0 Å². The zero-order valence-electron chi connectivity index (χ0n) is 9.21. The third-order valence-corrected chi connectivity index (χ3v) is 3.51. The molecule has 0 saturated carbocycles. The lowest BCUT2D eigenvalue weighted by atomic mass is 10.1. The van der Waals surface area contributed by atoms with E-state index in [2.05, 4.69) is 17.1 Å². The van der Waals surface area contributed by atoms with Crippen LogP contribution in [-0.4, -0.2) is 21.1 Å². The largest absolute Gasteiger partial charge is 0.396 e. The van der Waals surface area contributed by atoms with Gasteiger partial charge in [0.2, 0.25) is 0 Å². The molecule has 0 aliphatic rings. The molecule has 0 radical (unpaired) electrons. The lowest BCUT2D eigenvalue weighted by Crippen LogP contribution is -1.89. The molecule has 0 atom stereocenters. The minimum Gasteiger partial charge on any atom is -0.396 e. The highest BCUT2D eigenvalue weighted by Gasteiger charge is 2.04. The van der Waals surface area contributed by atoms with Crippen molar-refractivity contribution in [3.05, 3.63) is 47.6 Å². The number of hydrogen-bond acceptors (Lipinski definition) is 3. The standard InChI is InChI=1S/C13H12N2OS/c16-7-5-10-1-3-11(4-2-10)12-9-15-6-8-17-13(15)14-12/h1-4,6,8-9,16H,5,7H2. The van der Waals surface area contributed by atoms with Crippen LogP contribution in [0.2, 0.25) is 0 Å². The third kappa shape index (κ3) is 1.97. The zero-order valence-corrected chi connectivity index (χ0v) is 10.0. The summed E-state index contributed by atoms with van der Waals surface area (Å²) in [5, 5.41) is 10.9. The van der Waals surface area contributed by atoms with Crippen LogP contribution in [0.4, 0.5) is 0 Å². The van der Waals surface area contributed by atoms with Gasteiger partial charge in [0, 0.05) is 29.9 Å². The molecule has 0 aliphatic carbocycles. The van der Waals surface area contributed by atoms with Gasteiger partial charge in [-0.15, -0.1) is 11.3 Å². The van der Waals surface area contributed by atoms with E-state index in [9.17, 15) is 0 Å². The minimum atomic E-state index is 0.194. The van der Waals surface area contributed by atoms with Crippen molar-refractivity contribution < 1.29 is 5.11 Å². The number of thiazole rings is 1. The lowest BCUT2D eigenvalue weighted by molar-refractivity contribution is 0.299. The maximum Gasteiger partial charge on any atom is 0.194 e. The number of aliphatic hydroxyl groups excluding tert-OH is 1. The molecule has 0 fully saturated rings. The van der Waals surface area contributed by atoms with Crippen molar-refractivity contribution in [2.45, 2.75) is 6.42 Å². The number of aromatic nitrogens is 2. The van der Waals surface area contributed by atoms with Crippen molar-refractivity contribution in [3.8, 4) is 11.3 Å². The van der Waals surface area contributed by atoms with Gasteiger partial charge >= 0.3 is 0 Å². The summed E-state index contributed by atoms with van der Waals surface area (Å²) in [6, 6.07) is 8.19. The zero-order chi connectivity index (χ0) is 11.7. The van der Waals surface area contributed by atoms with Crippen molar-refractivity contribution >= 4 is 16.3 Å². The predicted molar refractivity (Wildman–Crippen MR) is 69.3 cm³/mol. The molecular formula is C13H12N2OS. The van der Waals surface area contributed by atoms with Crippen LogP contribution in [0.5, 0.6) is 0 Å². The summed E-state index contributed by atoms with van der Waals surface area (Å²) in [6.07, 6.45) is 4.75. The Morgan fingerprint density at radius 1 is 1.24 bits per heavy atom. The molecule has 2 heterocycles. The Morgan fingerprint density at radius 2 is 2.06 bits per heavy atom. The van der Waals surface area contributed by atoms with Gasteiger partial charge in [-0.2, -0.15) is 0 Å². The van der Waals surface area contributed by atoms with Gasteiger partial charge in [-0.3, -0.25) is 4.40 Å². The normalized spacial score (nSPS) is 11.1. The van der Waals surface area contributed by atoms with Gasteiger partial charge in [-0.25, -0.2) is 4.98 Å². The van der Waals surface area contributed by atoms with Crippen LogP contribution in [-0.2, 0) is 6.42 Å². The highest BCUT2D eigenvalue weighted by atomic mass is 32.1. The first-order chi connectivity index (χ1) is 8.36. The average molecular weight is 244 g/mol. The van der Waals surface area contributed by atoms with Crippen LogP contribution in [0.1, 0.15) is 5.56 Å². The third-order valence-electron chi connectivity index (χ3n) is 2.74. The first-order valence-electron chi connectivity index (χ1n) is 5.49. The molecule has 0 saturated heterocycles. The molecule has 0 unspecified atom stereocenters. The molecule has 2 aromatic heterocycles. The van der Waals surface area contributed by atoms with Gasteiger partial charge in [-0.05, 0) is 12.0 Å². The minimum absolute atomic E-state index is 0.194. The molecule has 1 aromatic carbocycles. The second-order valence-corrected chi connectivity index (χ2v) is 4.76. The Kier molecular flexibility index (Phi) is 2.66. The molecule has 3 aromatic rings. The van der Waals surface area contributed by atoms with Crippen LogP contribution in [0.25, 0.3) is 16.2 Å². The molecule has 3 nitrogen and oxygen atoms in total. The number of nitrogens with zero attached hydrogens (tertiary/aromatic N) is 2. The molecule has 17 heavy (non-hydrogen) atoms. The first kappa shape index (κ1) is 10.5. The second-order valence-electron chi connectivity index (χ2n) is 3.89. The van der Waals surface area contributed by atoms with Crippen molar-refractivity contribution in [3.63, 3.8) is 0 Å². The second kappa shape index (κ2) is 4.31. The predicted octanol–water partition coefficient (Wildman–Crippen LogP) is 2.60. The van der Waals surface area contributed by atoms with Gasteiger partial charge in [0.05, 0.1) is 5.69 Å². The quantitative estimate of drug-likeness (QED) is 0.769. The van der Waals surface area contributed by atoms with Gasteiger partial charge in [0.15, 0.2) is 4.96 Å². The number of fused-ring (bicyclic) bond motifs is 1. The molecule has 4 heteroatoms. The van der Waals surface area contributed by atoms with E-state index < -0.39 is 0 Å². The van der Waals surface area contributed by atoms with E-state index in [1.165, 1.54) is 0 Å². The van der Waals surface area contributed by atoms with E-state index in [-0.39, 0.29) is 6.61 Å². The summed E-state index contributed by atoms with van der Waals surface area (Å²) >= 11 is 1.63. The molecule has 0 amide bonds. The van der Waals surface area contributed by atoms with E-state index in [0.29, 0.717) is 6.42 Å². The van der Waals surface area contributed by atoms with Crippen LogP contribution in [0.15, 0.2) is 42.0 Å². The van der Waals surface area contributed by atoms with E-state index in [4.69, 9.17) is 5.11 Å². The van der Waals surface area contributed by atoms with Crippen molar-refractivity contribution in [1.82, 2.24) is 9.38 Å². The van der Waals surface area contributed by atoms with Crippen molar-refractivity contribution in [1.29, 1.82) is 0 Å². The summed E-state index contributed by atoms with van der Waals surface area (Å²) < 4.78 is 2.03. The monoisotopic (exact) mass is 244 g/mol. The molecule has 0 aliphatic heterocycles. The number of rotatable bonds is 3. The number of hydrogen-bond donors (Lipinski definition) is 1. The summed E-state index contributed by atoms with van der Waals surface area (Å²) in [5.74, 6) is 0.